The molecule has 4 heteroatoms. The third-order valence-corrected chi connectivity index (χ3v) is 2.54. The van der Waals surface area contributed by atoms with E-state index in [2.05, 4.69) is 5.92 Å². The van der Waals surface area contributed by atoms with E-state index >= 15 is 0 Å². The first kappa shape index (κ1) is 11.0. The molecule has 78 valence electrons. The maximum absolute atomic E-state index is 10.9. The first-order valence-electron chi connectivity index (χ1n) is 4.68. The second-order valence-corrected chi connectivity index (χ2v) is 3.32. The Morgan fingerprint density at radius 3 is 2.93 bits per heavy atom. The van der Waals surface area contributed by atoms with Gasteiger partial charge in [-0.2, -0.15) is 0 Å². The molecule has 14 heavy (non-hydrogen) atoms. The molecule has 1 aliphatic rings. The molecular weight excluding hydrogens is 182 g/mol. The zero-order chi connectivity index (χ0) is 10.6. The van der Waals surface area contributed by atoms with Crippen molar-refractivity contribution < 1.29 is 14.6 Å². The average molecular weight is 197 g/mol. The van der Waals surface area contributed by atoms with Crippen LogP contribution in [0.15, 0.2) is 0 Å². The van der Waals surface area contributed by atoms with E-state index in [1.54, 1.807) is 0 Å². The fourth-order valence-corrected chi connectivity index (χ4v) is 1.72. The van der Waals surface area contributed by atoms with E-state index in [-0.39, 0.29) is 6.04 Å². The molecule has 0 spiro atoms. The Hall–Kier alpha value is -1.05. The lowest BCUT2D eigenvalue weighted by Gasteiger charge is -2.26. The van der Waals surface area contributed by atoms with Crippen LogP contribution in [0.25, 0.3) is 0 Å². The molecule has 1 heterocycles. The Morgan fingerprint density at radius 2 is 2.43 bits per heavy atom. The lowest BCUT2D eigenvalue weighted by atomic mass is 10.0. The topological polar surface area (TPSA) is 49.8 Å². The molecule has 4 nitrogen and oxygen atoms in total. The predicted molar refractivity (Wildman–Crippen MR) is 51.8 cm³/mol. The number of likely N-dealkylation sites (N-methyl/N-ethyl adjacent to an activating group) is 1. The summed E-state index contributed by atoms with van der Waals surface area (Å²) in [4.78, 5) is 12.8. The van der Waals surface area contributed by atoms with Gasteiger partial charge in [0, 0.05) is 6.04 Å². The summed E-state index contributed by atoms with van der Waals surface area (Å²) in [7, 11) is 0. The van der Waals surface area contributed by atoms with Crippen LogP contribution in [0.4, 0.5) is 0 Å². The van der Waals surface area contributed by atoms with Crippen LogP contribution >= 0.6 is 0 Å². The lowest BCUT2D eigenvalue weighted by molar-refractivity contribution is -0.143. The number of terminal acetylenes is 1. The van der Waals surface area contributed by atoms with E-state index < -0.39 is 11.9 Å². The Labute approximate surface area is 83.8 Å². The number of hydrogen-bond donors (Lipinski definition) is 1. The molecule has 2 unspecified atom stereocenters. The summed E-state index contributed by atoms with van der Waals surface area (Å²) in [5.41, 5.74) is 0. The standard InChI is InChI=1S/C10H15NO3/c1-3-5-11(4-2)9-7-14-6-8(9)10(12)13/h1,8-9H,4-7H2,2H3,(H,12,13). The molecular formula is C10H15NO3. The highest BCUT2D eigenvalue weighted by atomic mass is 16.5. The molecule has 0 aromatic rings. The van der Waals surface area contributed by atoms with E-state index in [1.165, 1.54) is 0 Å². The second kappa shape index (κ2) is 4.99. The van der Waals surface area contributed by atoms with Gasteiger partial charge in [0.2, 0.25) is 0 Å². The SMILES string of the molecule is C#CCN(CC)C1COCC1C(=O)O. The van der Waals surface area contributed by atoms with Gasteiger partial charge < -0.3 is 9.84 Å². The number of ether oxygens (including phenoxy) is 1. The summed E-state index contributed by atoms with van der Waals surface area (Å²) < 4.78 is 5.17. The Kier molecular flexibility index (Phi) is 3.93. The van der Waals surface area contributed by atoms with Crippen LogP contribution in [-0.4, -0.2) is 48.3 Å². The van der Waals surface area contributed by atoms with Gasteiger partial charge in [-0.05, 0) is 6.54 Å². The van der Waals surface area contributed by atoms with E-state index in [0.29, 0.717) is 19.8 Å². The molecule has 1 rings (SSSR count). The summed E-state index contributed by atoms with van der Waals surface area (Å²) in [6, 6.07) is -0.0754. The quantitative estimate of drug-likeness (QED) is 0.646. The minimum absolute atomic E-state index is 0.0754. The Bertz CT molecular complexity index is 246. The summed E-state index contributed by atoms with van der Waals surface area (Å²) in [5, 5.41) is 8.94. The van der Waals surface area contributed by atoms with Crippen LogP contribution in [0.3, 0.4) is 0 Å². The number of carboxylic acids is 1. The third-order valence-electron chi connectivity index (χ3n) is 2.54. The van der Waals surface area contributed by atoms with Gasteiger partial charge in [-0.25, -0.2) is 0 Å². The first-order chi connectivity index (χ1) is 6.70. The van der Waals surface area contributed by atoms with Crippen molar-refractivity contribution in [3.05, 3.63) is 0 Å². The van der Waals surface area contributed by atoms with Gasteiger partial charge in [-0.3, -0.25) is 9.69 Å². The number of aliphatic carboxylic acids is 1. The number of carbonyl (C=O) groups is 1. The van der Waals surface area contributed by atoms with Crippen molar-refractivity contribution in [1.29, 1.82) is 0 Å². The zero-order valence-corrected chi connectivity index (χ0v) is 8.27. The molecule has 2 atom stereocenters. The van der Waals surface area contributed by atoms with Crippen molar-refractivity contribution >= 4 is 5.97 Å². The second-order valence-electron chi connectivity index (χ2n) is 3.32. The lowest BCUT2D eigenvalue weighted by Crippen LogP contribution is -2.43. The average Bonchev–Trinajstić information content (AvgIpc) is 2.62. The molecule has 1 aliphatic heterocycles. The summed E-state index contributed by atoms with van der Waals surface area (Å²) in [6.45, 7) is 3.96. The highest BCUT2D eigenvalue weighted by molar-refractivity contribution is 5.71. The number of carboxylic acid groups (broad SMARTS) is 1. The summed E-state index contributed by atoms with van der Waals surface area (Å²) >= 11 is 0. The fraction of sp³-hybridized carbons (Fsp3) is 0.700. The van der Waals surface area contributed by atoms with E-state index in [0.717, 1.165) is 6.54 Å². The van der Waals surface area contributed by atoms with Crippen LogP contribution < -0.4 is 0 Å². The van der Waals surface area contributed by atoms with E-state index in [9.17, 15) is 4.79 Å². The largest absolute Gasteiger partial charge is 0.481 e. The molecule has 1 saturated heterocycles. The van der Waals surface area contributed by atoms with Crippen molar-refractivity contribution in [2.24, 2.45) is 5.92 Å². The molecule has 0 aromatic heterocycles. The van der Waals surface area contributed by atoms with Crippen LogP contribution in [-0.2, 0) is 9.53 Å². The molecule has 0 bridgehead atoms. The van der Waals surface area contributed by atoms with Gasteiger partial charge in [0.15, 0.2) is 0 Å². The molecule has 0 radical (unpaired) electrons. The van der Waals surface area contributed by atoms with Crippen molar-refractivity contribution in [2.45, 2.75) is 13.0 Å². The van der Waals surface area contributed by atoms with Crippen molar-refractivity contribution in [3.63, 3.8) is 0 Å². The zero-order valence-electron chi connectivity index (χ0n) is 8.27. The van der Waals surface area contributed by atoms with Gasteiger partial charge in [-0.1, -0.05) is 12.8 Å². The van der Waals surface area contributed by atoms with E-state index in [4.69, 9.17) is 16.3 Å². The number of hydrogen-bond acceptors (Lipinski definition) is 3. The molecule has 0 aromatic carbocycles. The van der Waals surface area contributed by atoms with E-state index in [1.807, 2.05) is 11.8 Å². The molecule has 0 saturated carbocycles. The van der Waals surface area contributed by atoms with Crippen LogP contribution in [0, 0.1) is 18.3 Å². The normalized spacial score (nSPS) is 26.4. The summed E-state index contributed by atoms with van der Waals surface area (Å²) in [6.07, 6.45) is 5.21. The van der Waals surface area contributed by atoms with Crippen LogP contribution in [0.2, 0.25) is 0 Å². The van der Waals surface area contributed by atoms with Gasteiger partial charge in [0.1, 0.15) is 0 Å². The van der Waals surface area contributed by atoms with Crippen LogP contribution in [0.1, 0.15) is 6.92 Å². The monoisotopic (exact) mass is 197 g/mol. The first-order valence-corrected chi connectivity index (χ1v) is 4.68. The predicted octanol–water partition coefficient (Wildman–Crippen LogP) is 0.0411. The smallest absolute Gasteiger partial charge is 0.310 e. The molecule has 1 fully saturated rings. The highest BCUT2D eigenvalue weighted by Gasteiger charge is 2.37. The third kappa shape index (κ3) is 2.25. The molecule has 1 N–H and O–H groups in total. The molecule has 0 amide bonds. The maximum Gasteiger partial charge on any atom is 0.310 e. The Balaban J connectivity index is 2.64. The number of nitrogens with zero attached hydrogens (tertiary/aromatic N) is 1. The van der Waals surface area contributed by atoms with Gasteiger partial charge in [-0.15, -0.1) is 6.42 Å². The summed E-state index contributed by atoms with van der Waals surface area (Å²) in [5.74, 6) is 1.29. The Morgan fingerprint density at radius 1 is 1.71 bits per heavy atom. The minimum atomic E-state index is -0.803. The van der Waals surface area contributed by atoms with Crippen molar-refractivity contribution in [3.8, 4) is 12.3 Å². The van der Waals surface area contributed by atoms with Crippen LogP contribution in [0.5, 0.6) is 0 Å². The van der Waals surface area contributed by atoms with Gasteiger partial charge >= 0.3 is 5.97 Å². The van der Waals surface area contributed by atoms with Gasteiger partial charge in [0.05, 0.1) is 25.7 Å². The van der Waals surface area contributed by atoms with Crippen molar-refractivity contribution in [2.75, 3.05) is 26.3 Å². The maximum atomic E-state index is 10.9. The number of rotatable bonds is 4. The minimum Gasteiger partial charge on any atom is -0.481 e. The molecule has 0 aliphatic carbocycles. The highest BCUT2D eigenvalue weighted by Crippen LogP contribution is 2.19. The van der Waals surface area contributed by atoms with Gasteiger partial charge in [0.25, 0.3) is 0 Å². The fourth-order valence-electron chi connectivity index (χ4n) is 1.72. The van der Waals surface area contributed by atoms with Crippen molar-refractivity contribution in [1.82, 2.24) is 4.90 Å².